The number of ether oxygens (including phenoxy) is 6. The number of aliphatic carboxylic acids is 1. The molecule has 652 valence electrons. The number of nitrogens with two attached hydrogens (primary N) is 2. The molecule has 0 spiro atoms. The van der Waals surface area contributed by atoms with E-state index in [9.17, 15) is 60.3 Å². The van der Waals surface area contributed by atoms with Gasteiger partial charge in [-0.3, -0.25) is 43.6 Å². The number of carboxylic acids is 1. The predicted octanol–water partition coefficient (Wildman–Crippen LogP) is 4.47. The van der Waals surface area contributed by atoms with Gasteiger partial charge in [0.15, 0.2) is 35.1 Å². The fourth-order valence-corrected chi connectivity index (χ4v) is 16.7. The Kier molecular flexibility index (Phi) is 27.3. The average molecular weight is 1780 g/mol. The molecule has 7 amide bonds. The van der Waals surface area contributed by atoms with Gasteiger partial charge in [0.25, 0.3) is 0 Å². The minimum absolute atomic E-state index is 0.113. The molecule has 8 heterocycles. The first-order chi connectivity index (χ1) is 58.5. The predicted molar refractivity (Wildman–Crippen MR) is 441 cm³/mol. The van der Waals surface area contributed by atoms with E-state index >= 15 is 24.0 Å². The van der Waals surface area contributed by atoms with E-state index in [-0.39, 0.29) is 69.6 Å². The highest BCUT2D eigenvalue weighted by Crippen LogP contribution is 2.50. The molecule has 7 aromatic carbocycles. The number of phenolic OH excluding ortho intramolecular Hbond substituents is 3. The molecule has 1 aromatic heterocycles. The Balaban J connectivity index is 1.00. The van der Waals surface area contributed by atoms with Crippen LogP contribution in [0.2, 0.25) is 15.1 Å². The number of amides is 7. The molecule has 41 heteroatoms. The minimum Gasteiger partial charge on any atom is -0.508 e. The summed E-state index contributed by atoms with van der Waals surface area (Å²) in [4.78, 5) is 119. The Morgan fingerprint density at radius 3 is 1.93 bits per heavy atom. The number of nitrogens with zero attached hydrogens (tertiary/aromatic N) is 3. The molecule has 18 atom stereocenters. The van der Waals surface area contributed by atoms with Crippen molar-refractivity contribution in [3.8, 4) is 68.2 Å². The number of thioether (sulfide) groups is 1. The van der Waals surface area contributed by atoms with Crippen molar-refractivity contribution >= 4 is 99.8 Å². The fraction of sp³-hybridized carbons (Fsp3) is 0.366. The number of rotatable bonds is 20. The van der Waals surface area contributed by atoms with E-state index in [1.54, 1.807) is 33.0 Å². The van der Waals surface area contributed by atoms with Gasteiger partial charge < -0.3 is 123 Å². The Morgan fingerprint density at radius 1 is 0.699 bits per heavy atom. The quantitative estimate of drug-likeness (QED) is 0.0284. The zero-order valence-electron chi connectivity index (χ0n) is 66.3. The third-order valence-electron chi connectivity index (χ3n) is 21.7. The normalized spacial score (nSPS) is 26.2. The summed E-state index contributed by atoms with van der Waals surface area (Å²) < 4.78 is 42.2. The van der Waals surface area contributed by atoms with E-state index < -0.39 is 231 Å². The van der Waals surface area contributed by atoms with Gasteiger partial charge in [-0.2, -0.15) is 0 Å². The van der Waals surface area contributed by atoms with Crippen LogP contribution >= 0.6 is 46.6 Å². The second-order valence-electron chi connectivity index (χ2n) is 30.8. The number of nitrogens with one attached hydrogen (secondary N) is 9. The number of hydrogen-bond acceptors (Lipinski definition) is 29. The van der Waals surface area contributed by atoms with Gasteiger partial charge in [0.2, 0.25) is 59.3 Å². The second kappa shape index (κ2) is 37.5. The summed E-state index contributed by atoms with van der Waals surface area (Å²) in [7, 11) is 3.06. The number of carboxylic acid groups (broad SMARTS) is 1. The number of aliphatic hydroxyl groups is 5. The Morgan fingerprint density at radius 2 is 1.32 bits per heavy atom. The molecule has 0 unspecified atom stereocenters. The molecule has 37 nitrogen and oxygen atoms in total. The maximum Gasteiger partial charge on any atom is 0.330 e. The molecule has 2 saturated heterocycles. The standard InChI is InChI=1S/C82H89Cl3N14O23S/c1-33(2)21-48(88-5)72(109)94-63-65(104)39-14-19-52(46(84)23-39)118-54-25-41-26-55(69(54)122-79-70(68(107)67(106)56(120-79)32-123-81-98-97-80(96-87)99(81)6)121-58-30-82(4,71(108)34(3)117-58)89-31-35-7-9-36(10-8-35)37-11-16-42(83)17-12-37)119-53-20-15-40(24-47(53)85)66(105)64-77(114)93-62(78(115)116)45-27-43(100)28-51(102)59(45)44-22-38(13-18-50(44)101)60(74(111)95-64)92-75(112)61(41)91-73(110)49(29-57(86)103)90-76(63)113/h7-20,22-28,33-34,48-49,56,58,60-68,70-71,79,88-89,100-102,104-108H,21,29-32,87H2,1-6H3,(H2,86,103)(H,90,113)(H,91,110)(H,92,112)(H,93,114)(H,94,109)(H,95,111)(H,96,97)(H,115,116)/t34-,48+,49-,56+,58-,60+,61+,62-,63+,64-,65+,66+,67+,68-,70+,71+,79-,82-/m0/s1. The van der Waals surface area contributed by atoms with Crippen molar-refractivity contribution in [2.45, 2.75) is 168 Å². The van der Waals surface area contributed by atoms with Crippen LogP contribution in [0.5, 0.6) is 46.0 Å². The number of hydrogen-bond donors (Lipinski definition) is 20. The highest BCUT2D eigenvalue weighted by Gasteiger charge is 2.53. The number of aromatic hydroxyl groups is 3. The summed E-state index contributed by atoms with van der Waals surface area (Å²) in [6.45, 7) is 7.17. The number of fused-ring (bicyclic) bond motifs is 15. The van der Waals surface area contributed by atoms with Gasteiger partial charge in [-0.25, -0.2) is 10.6 Å². The number of likely N-dealkylation sites (N-methyl/N-ethyl adjacent to an activating group) is 1. The van der Waals surface area contributed by atoms with Gasteiger partial charge in [-0.05, 0) is 139 Å². The summed E-state index contributed by atoms with van der Waals surface area (Å²) in [5, 5.41) is 137. The molecule has 15 rings (SSSR count). The lowest BCUT2D eigenvalue weighted by Crippen LogP contribution is -2.65. The van der Waals surface area contributed by atoms with Crippen LogP contribution in [0, 0.1) is 5.92 Å². The Labute approximate surface area is 720 Å². The zero-order chi connectivity index (χ0) is 88.5. The van der Waals surface area contributed by atoms with Crippen molar-refractivity contribution in [1.82, 2.24) is 57.3 Å². The number of hydrazine groups is 1. The van der Waals surface area contributed by atoms with Crippen LogP contribution in [-0.2, 0) is 66.2 Å². The lowest BCUT2D eigenvalue weighted by molar-refractivity contribution is -0.330. The van der Waals surface area contributed by atoms with E-state index in [2.05, 4.69) is 58.2 Å². The van der Waals surface area contributed by atoms with E-state index in [0.717, 1.165) is 89.1 Å². The molecule has 7 aliphatic heterocycles. The van der Waals surface area contributed by atoms with Crippen molar-refractivity contribution in [3.05, 3.63) is 176 Å². The molecule has 0 aliphatic carbocycles. The van der Waals surface area contributed by atoms with Crippen LogP contribution in [0.1, 0.15) is 111 Å². The minimum atomic E-state index is -2.37. The maximum absolute atomic E-state index is 16.4. The van der Waals surface area contributed by atoms with Gasteiger partial charge in [-0.1, -0.05) is 115 Å². The Hall–Kier alpha value is -11.2. The molecule has 0 radical (unpaired) electrons. The van der Waals surface area contributed by atoms with E-state index in [1.165, 1.54) is 29.8 Å². The molecule has 22 N–H and O–H groups in total. The monoisotopic (exact) mass is 1770 g/mol. The first kappa shape index (κ1) is 89.6. The summed E-state index contributed by atoms with van der Waals surface area (Å²) >= 11 is 21.6. The van der Waals surface area contributed by atoms with Crippen LogP contribution in [0.15, 0.2) is 133 Å². The number of aliphatic hydroxyl groups excluding tert-OH is 5. The molecule has 0 saturated carbocycles. The first-order valence-electron chi connectivity index (χ1n) is 38.6. The number of aromatic nitrogens is 3. The summed E-state index contributed by atoms with van der Waals surface area (Å²) in [5.41, 5.74) is 6.78. The number of nitrogen functional groups attached to an aromatic ring is 1. The second-order valence-corrected chi connectivity index (χ2v) is 33.1. The van der Waals surface area contributed by atoms with Crippen molar-refractivity contribution in [2.75, 3.05) is 18.2 Å². The highest BCUT2D eigenvalue weighted by atomic mass is 35.5. The first-order valence-corrected chi connectivity index (χ1v) is 40.7. The van der Waals surface area contributed by atoms with Gasteiger partial charge >= 0.3 is 5.97 Å². The largest absolute Gasteiger partial charge is 0.508 e. The van der Waals surface area contributed by atoms with Crippen LogP contribution in [0.3, 0.4) is 0 Å². The third-order valence-corrected chi connectivity index (χ3v) is 23.7. The van der Waals surface area contributed by atoms with Gasteiger partial charge in [0.05, 0.1) is 40.8 Å². The smallest absolute Gasteiger partial charge is 0.330 e. The van der Waals surface area contributed by atoms with Crippen molar-refractivity contribution in [3.63, 3.8) is 0 Å². The lowest BCUT2D eigenvalue weighted by Gasteiger charge is -2.48. The molecule has 7 aliphatic rings. The van der Waals surface area contributed by atoms with E-state index in [4.69, 9.17) is 74.8 Å². The Bertz CT molecular complexity index is 5370. The summed E-state index contributed by atoms with van der Waals surface area (Å²) in [5.74, 6) is -10.4. The van der Waals surface area contributed by atoms with Crippen LogP contribution in [0.25, 0.3) is 22.3 Å². The van der Waals surface area contributed by atoms with Crippen molar-refractivity contribution < 1.29 is 113 Å². The molecule has 2 fully saturated rings. The molecule has 11 bridgehead atoms. The zero-order valence-corrected chi connectivity index (χ0v) is 69.4. The molecule has 123 heavy (non-hydrogen) atoms. The number of primary amides is 1. The maximum atomic E-state index is 16.4. The lowest BCUT2D eigenvalue weighted by atomic mass is 9.84. The van der Waals surface area contributed by atoms with Crippen LogP contribution in [0.4, 0.5) is 5.95 Å². The van der Waals surface area contributed by atoms with Crippen molar-refractivity contribution in [2.24, 2.45) is 24.5 Å². The van der Waals surface area contributed by atoms with Gasteiger partial charge in [0.1, 0.15) is 83.4 Å². The average Bonchev–Trinajstić information content (AvgIpc) is 1.03. The molecular formula is C82H89Cl3N14O23S. The third kappa shape index (κ3) is 19.6. The van der Waals surface area contributed by atoms with Crippen molar-refractivity contribution in [1.29, 1.82) is 0 Å². The topological polar surface area (TPSA) is 565 Å². The van der Waals surface area contributed by atoms with E-state index in [1.807, 2.05) is 50.2 Å². The van der Waals surface area contributed by atoms with Crippen LogP contribution in [-0.4, -0.2) is 200 Å². The van der Waals surface area contributed by atoms with Crippen LogP contribution < -0.4 is 73.7 Å². The summed E-state index contributed by atoms with van der Waals surface area (Å²) in [6, 6.07) is 14.5. The van der Waals surface area contributed by atoms with E-state index in [0.29, 0.717) is 5.02 Å². The summed E-state index contributed by atoms with van der Waals surface area (Å²) in [6.07, 6.45) is -18.4. The number of phenols is 3. The van der Waals surface area contributed by atoms with Gasteiger partial charge in [-0.15, -0.1) is 10.2 Å². The number of carbonyl (C=O) groups excluding carboxylic acids is 7. The number of carbonyl (C=O) groups is 8. The number of anilines is 1. The number of benzene rings is 7. The number of halogens is 3. The molecular weight excluding hydrogens is 1690 g/mol. The fourth-order valence-electron chi connectivity index (χ4n) is 15.1. The SMILES string of the molecule is CN[C@H](CC(C)C)C(=O)N[C@H]1C(=O)N[C@@H](CC(N)=O)C(=O)N[C@H]2C(=O)N[C@H]3C(=O)N[C@H](C(=O)N[C@H](C(=O)O)c4cc(O)cc(O)c4-c4cc3ccc4O)[C@H](O)c3ccc(c(Cl)c3)Oc3cc2cc(c3O[C@@H]2O[C@H](CSc3nnc(NN)n3C)[C@@H](O)[C@H](O)[C@H]2O[C@H]2C[C@](C)(NCc3ccc(-c4ccc(Cl)cc4)cc3)[C@H](O)[C@H](C)O2)Oc2ccc(cc2Cl)[C@H]1O. The van der Waals surface area contributed by atoms with Gasteiger partial charge in [0, 0.05) is 59.1 Å². The molecule has 8 aromatic rings. The highest BCUT2D eigenvalue weighted by molar-refractivity contribution is 7.99.